The molecular formula is C13H18N4S. The Bertz CT molecular complexity index is 557. The smallest absolute Gasteiger partial charge is 0.201 e. The summed E-state index contributed by atoms with van der Waals surface area (Å²) in [4.78, 5) is 7.78. The number of anilines is 2. The lowest BCUT2D eigenvalue weighted by atomic mass is 10.1. The fraction of sp³-hybridized carbons (Fsp3) is 0.462. The largest absolute Gasteiger partial charge is 0.399 e. The Morgan fingerprint density at radius 1 is 1.56 bits per heavy atom. The molecule has 2 heterocycles. The van der Waals surface area contributed by atoms with Crippen molar-refractivity contribution >= 4 is 34.4 Å². The van der Waals surface area contributed by atoms with Gasteiger partial charge in [-0.3, -0.25) is 0 Å². The van der Waals surface area contributed by atoms with Crippen molar-refractivity contribution in [2.75, 3.05) is 23.3 Å². The molecule has 1 aromatic heterocycles. The summed E-state index contributed by atoms with van der Waals surface area (Å²) in [5.41, 5.74) is 8.46. The molecular weight excluding hydrogens is 244 g/mol. The minimum Gasteiger partial charge on any atom is -0.399 e. The van der Waals surface area contributed by atoms with E-state index in [2.05, 4.69) is 22.2 Å². The van der Waals surface area contributed by atoms with Crippen LogP contribution in [0.15, 0.2) is 18.2 Å². The summed E-state index contributed by atoms with van der Waals surface area (Å²) in [5, 5.41) is 3.41. The van der Waals surface area contributed by atoms with Crippen LogP contribution < -0.4 is 11.1 Å². The van der Waals surface area contributed by atoms with Crippen LogP contribution in [0.4, 0.5) is 11.6 Å². The molecule has 0 saturated carbocycles. The van der Waals surface area contributed by atoms with E-state index in [4.69, 9.17) is 5.73 Å². The minimum atomic E-state index is 0.345. The molecule has 0 aliphatic carbocycles. The molecule has 4 N–H and O–H groups in total. The number of fused-ring (bicyclic) bond motifs is 1. The van der Waals surface area contributed by atoms with Crippen molar-refractivity contribution in [1.82, 2.24) is 9.97 Å². The second-order valence-corrected chi connectivity index (χ2v) is 6.80. The number of thioether (sulfide) groups is 1. The van der Waals surface area contributed by atoms with E-state index in [0.29, 0.717) is 4.75 Å². The summed E-state index contributed by atoms with van der Waals surface area (Å²) in [6.07, 6.45) is 2.59. The predicted octanol–water partition coefficient (Wildman–Crippen LogP) is 2.84. The Morgan fingerprint density at radius 2 is 2.44 bits per heavy atom. The van der Waals surface area contributed by atoms with Gasteiger partial charge in [0, 0.05) is 17.0 Å². The summed E-state index contributed by atoms with van der Waals surface area (Å²) >= 11 is 2.05. The third kappa shape index (κ3) is 2.27. The van der Waals surface area contributed by atoms with Crippen molar-refractivity contribution in [2.24, 2.45) is 0 Å². The van der Waals surface area contributed by atoms with Crippen LogP contribution in [0.3, 0.4) is 0 Å². The molecule has 4 nitrogen and oxygen atoms in total. The average molecular weight is 262 g/mol. The topological polar surface area (TPSA) is 66.7 Å². The summed E-state index contributed by atoms with van der Waals surface area (Å²) in [7, 11) is 0. The Labute approximate surface area is 111 Å². The Kier molecular flexibility index (Phi) is 2.86. The van der Waals surface area contributed by atoms with Gasteiger partial charge in [0.1, 0.15) is 0 Å². The number of aromatic amines is 1. The number of nitrogen functional groups attached to an aromatic ring is 1. The zero-order valence-corrected chi connectivity index (χ0v) is 11.3. The molecule has 0 radical (unpaired) electrons. The second-order valence-electron chi connectivity index (χ2n) is 5.12. The van der Waals surface area contributed by atoms with Gasteiger partial charge in [0.05, 0.1) is 11.0 Å². The zero-order chi connectivity index (χ0) is 12.6. The number of nitrogens with two attached hydrogens (primary N) is 1. The van der Waals surface area contributed by atoms with Crippen LogP contribution in [0.1, 0.15) is 19.8 Å². The van der Waals surface area contributed by atoms with Gasteiger partial charge in [-0.1, -0.05) is 0 Å². The number of rotatable bonds is 3. The van der Waals surface area contributed by atoms with E-state index in [1.54, 1.807) is 0 Å². The first-order chi connectivity index (χ1) is 8.65. The number of benzene rings is 1. The molecule has 0 spiro atoms. The average Bonchev–Trinajstić information content (AvgIpc) is 2.93. The van der Waals surface area contributed by atoms with Gasteiger partial charge in [-0.15, -0.1) is 0 Å². The SMILES string of the molecule is CC1(CNc2nc3ccc(N)cc3[nH]2)CCCS1. The first-order valence-corrected chi connectivity index (χ1v) is 7.26. The molecule has 0 amide bonds. The standard InChI is InChI=1S/C13H18N4S/c1-13(5-2-6-18-13)8-15-12-16-10-4-3-9(14)7-11(10)17-12/h3-4,7H,2,5-6,8,14H2,1H3,(H2,15,16,17). The van der Waals surface area contributed by atoms with Crippen LogP contribution in [-0.4, -0.2) is 27.0 Å². The number of aromatic nitrogens is 2. The molecule has 96 valence electrons. The van der Waals surface area contributed by atoms with Gasteiger partial charge in [-0.25, -0.2) is 4.98 Å². The van der Waals surface area contributed by atoms with Crippen LogP contribution in [0.5, 0.6) is 0 Å². The van der Waals surface area contributed by atoms with Gasteiger partial charge in [0.2, 0.25) is 5.95 Å². The Hall–Kier alpha value is -1.36. The van der Waals surface area contributed by atoms with Gasteiger partial charge in [-0.2, -0.15) is 11.8 Å². The molecule has 5 heteroatoms. The Balaban J connectivity index is 1.74. The highest BCUT2D eigenvalue weighted by molar-refractivity contribution is 8.00. The summed E-state index contributed by atoms with van der Waals surface area (Å²) < 4.78 is 0.345. The summed E-state index contributed by atoms with van der Waals surface area (Å²) in [5.74, 6) is 2.11. The first kappa shape index (κ1) is 11.7. The third-order valence-electron chi connectivity index (χ3n) is 3.44. The lowest BCUT2D eigenvalue weighted by Crippen LogP contribution is -2.27. The number of hydrogen-bond donors (Lipinski definition) is 3. The number of H-pyrrole nitrogens is 1. The highest BCUT2D eigenvalue weighted by atomic mass is 32.2. The molecule has 1 aliphatic heterocycles. The first-order valence-electron chi connectivity index (χ1n) is 6.28. The number of nitrogens with one attached hydrogen (secondary N) is 2. The molecule has 0 bridgehead atoms. The van der Waals surface area contributed by atoms with E-state index < -0.39 is 0 Å². The molecule has 1 aliphatic rings. The highest BCUT2D eigenvalue weighted by Gasteiger charge is 2.29. The molecule has 1 atom stereocenters. The Morgan fingerprint density at radius 3 is 3.22 bits per heavy atom. The molecule has 1 aromatic carbocycles. The number of imidazole rings is 1. The van der Waals surface area contributed by atoms with E-state index in [1.807, 2.05) is 30.0 Å². The maximum Gasteiger partial charge on any atom is 0.201 e. The molecule has 18 heavy (non-hydrogen) atoms. The number of nitrogens with zero attached hydrogens (tertiary/aromatic N) is 1. The van der Waals surface area contributed by atoms with Gasteiger partial charge in [0.25, 0.3) is 0 Å². The zero-order valence-electron chi connectivity index (χ0n) is 10.5. The van der Waals surface area contributed by atoms with E-state index in [1.165, 1.54) is 18.6 Å². The van der Waals surface area contributed by atoms with E-state index in [9.17, 15) is 0 Å². The van der Waals surface area contributed by atoms with Crippen LogP contribution >= 0.6 is 11.8 Å². The fourth-order valence-corrected chi connectivity index (χ4v) is 3.60. The molecule has 1 unspecified atom stereocenters. The maximum atomic E-state index is 5.76. The van der Waals surface area contributed by atoms with Gasteiger partial charge in [0.15, 0.2) is 0 Å². The van der Waals surface area contributed by atoms with E-state index in [-0.39, 0.29) is 0 Å². The van der Waals surface area contributed by atoms with Crippen LogP contribution in [0.25, 0.3) is 11.0 Å². The summed E-state index contributed by atoms with van der Waals surface area (Å²) in [6.45, 7) is 3.27. The van der Waals surface area contributed by atoms with Gasteiger partial charge >= 0.3 is 0 Å². The van der Waals surface area contributed by atoms with E-state index >= 15 is 0 Å². The van der Waals surface area contributed by atoms with Crippen molar-refractivity contribution in [3.05, 3.63) is 18.2 Å². The highest BCUT2D eigenvalue weighted by Crippen LogP contribution is 2.37. The van der Waals surface area contributed by atoms with E-state index in [0.717, 1.165) is 29.2 Å². The molecule has 1 fully saturated rings. The van der Waals surface area contributed by atoms with Gasteiger partial charge < -0.3 is 16.0 Å². The monoisotopic (exact) mass is 262 g/mol. The number of hydrogen-bond acceptors (Lipinski definition) is 4. The molecule has 2 aromatic rings. The molecule has 1 saturated heterocycles. The molecule has 3 rings (SSSR count). The van der Waals surface area contributed by atoms with Crippen molar-refractivity contribution in [3.8, 4) is 0 Å². The van der Waals surface area contributed by atoms with Crippen molar-refractivity contribution in [2.45, 2.75) is 24.5 Å². The van der Waals surface area contributed by atoms with Gasteiger partial charge in [-0.05, 0) is 43.7 Å². The lowest BCUT2D eigenvalue weighted by Gasteiger charge is -2.22. The van der Waals surface area contributed by atoms with Crippen LogP contribution in [-0.2, 0) is 0 Å². The second kappa shape index (κ2) is 4.39. The van der Waals surface area contributed by atoms with Crippen LogP contribution in [0, 0.1) is 0 Å². The normalized spacial score (nSPS) is 23.6. The third-order valence-corrected chi connectivity index (χ3v) is 4.97. The minimum absolute atomic E-state index is 0.345. The fourth-order valence-electron chi connectivity index (χ4n) is 2.36. The quantitative estimate of drug-likeness (QED) is 0.744. The summed E-state index contributed by atoms with van der Waals surface area (Å²) in [6, 6.07) is 5.74. The van der Waals surface area contributed by atoms with Crippen molar-refractivity contribution in [1.29, 1.82) is 0 Å². The van der Waals surface area contributed by atoms with Crippen molar-refractivity contribution < 1.29 is 0 Å². The predicted molar refractivity (Wildman–Crippen MR) is 79.1 cm³/mol. The van der Waals surface area contributed by atoms with Crippen LogP contribution in [0.2, 0.25) is 0 Å². The lowest BCUT2D eigenvalue weighted by molar-refractivity contribution is 0.633. The maximum absolute atomic E-state index is 5.76. The van der Waals surface area contributed by atoms with Crippen molar-refractivity contribution in [3.63, 3.8) is 0 Å².